The van der Waals surface area contributed by atoms with Crippen molar-refractivity contribution in [2.75, 3.05) is 6.61 Å². The summed E-state index contributed by atoms with van der Waals surface area (Å²) < 4.78 is 16.1. The molecular formula is C8H15O5+. The first-order valence-corrected chi connectivity index (χ1v) is 4.37. The fourth-order valence-electron chi connectivity index (χ4n) is 1.73. The Bertz CT molecular complexity index is 205. The van der Waals surface area contributed by atoms with Crippen molar-refractivity contribution in [3.63, 3.8) is 0 Å². The third kappa shape index (κ3) is 1.47. The molecule has 5 heteroatoms. The van der Waals surface area contributed by atoms with Crippen LogP contribution in [-0.2, 0) is 14.2 Å². The summed E-state index contributed by atoms with van der Waals surface area (Å²) >= 11 is 0. The predicted molar refractivity (Wildman–Crippen MR) is 43.2 cm³/mol. The fraction of sp³-hybridized carbons (Fsp3) is 1.00. The van der Waals surface area contributed by atoms with Crippen LogP contribution in [0.4, 0.5) is 0 Å². The molecule has 5 nitrogen and oxygen atoms in total. The van der Waals surface area contributed by atoms with Crippen LogP contribution in [-0.4, -0.2) is 47.2 Å². The lowest BCUT2D eigenvalue weighted by molar-refractivity contribution is -0.218. The van der Waals surface area contributed by atoms with Crippen molar-refractivity contribution in [3.05, 3.63) is 0 Å². The van der Waals surface area contributed by atoms with E-state index < -0.39 is 30.4 Å². The first-order valence-electron chi connectivity index (χ1n) is 4.37. The zero-order chi connectivity index (χ0) is 9.64. The van der Waals surface area contributed by atoms with E-state index in [4.69, 9.17) is 19.3 Å². The average molecular weight is 191 g/mol. The van der Waals surface area contributed by atoms with Crippen molar-refractivity contribution in [1.29, 1.82) is 0 Å². The number of rotatable bonds is 1. The molecule has 0 aromatic rings. The van der Waals surface area contributed by atoms with Crippen molar-refractivity contribution in [2.45, 2.75) is 44.2 Å². The monoisotopic (exact) mass is 191 g/mol. The van der Waals surface area contributed by atoms with Crippen LogP contribution in [0.25, 0.3) is 0 Å². The number of ether oxygens (including phenoxy) is 3. The lowest BCUT2D eigenvalue weighted by atomic mass is 10.1. The second kappa shape index (κ2) is 2.90. The van der Waals surface area contributed by atoms with Crippen LogP contribution in [0.3, 0.4) is 0 Å². The van der Waals surface area contributed by atoms with Crippen LogP contribution in [0.15, 0.2) is 0 Å². The first-order chi connectivity index (χ1) is 6.03. The molecular weight excluding hydrogens is 176 g/mol. The molecule has 0 aromatic carbocycles. The molecule has 0 bridgehead atoms. The lowest BCUT2D eigenvalue weighted by Gasteiger charge is -2.21. The van der Waals surface area contributed by atoms with E-state index in [1.165, 1.54) is 0 Å². The Morgan fingerprint density at radius 1 is 1.38 bits per heavy atom. The van der Waals surface area contributed by atoms with Crippen molar-refractivity contribution >= 4 is 0 Å². The Balaban J connectivity index is 2.07. The first kappa shape index (κ1) is 9.36. The van der Waals surface area contributed by atoms with Gasteiger partial charge in [-0.05, 0) is 13.8 Å². The van der Waals surface area contributed by atoms with Crippen LogP contribution in [0, 0.1) is 0 Å². The minimum atomic E-state index is -0.746. The van der Waals surface area contributed by atoms with E-state index in [9.17, 15) is 5.11 Å². The van der Waals surface area contributed by atoms with Crippen LogP contribution >= 0.6 is 0 Å². The molecule has 76 valence electrons. The highest BCUT2D eigenvalue weighted by atomic mass is 16.8. The molecule has 0 unspecified atom stereocenters. The van der Waals surface area contributed by atoms with Gasteiger partial charge >= 0.3 is 0 Å². The number of aliphatic hydroxyl groups is 1. The molecule has 2 fully saturated rings. The molecule has 0 radical (unpaired) electrons. The molecule has 0 spiro atoms. The molecule has 2 aliphatic heterocycles. The maximum atomic E-state index is 9.64. The fourth-order valence-corrected chi connectivity index (χ4v) is 1.73. The summed E-state index contributed by atoms with van der Waals surface area (Å²) in [6.07, 6.45) is -2.18. The molecule has 2 heterocycles. The normalized spacial score (nSPS) is 48.0. The topological polar surface area (TPSA) is 70.8 Å². The third-order valence-electron chi connectivity index (χ3n) is 2.32. The summed E-state index contributed by atoms with van der Waals surface area (Å²) in [5.41, 5.74) is 0. The zero-order valence-corrected chi connectivity index (χ0v) is 7.69. The highest BCUT2D eigenvalue weighted by Crippen LogP contribution is 2.36. The van der Waals surface area contributed by atoms with Gasteiger partial charge in [0.25, 0.3) is 0 Å². The Morgan fingerprint density at radius 2 is 2.08 bits per heavy atom. The quantitative estimate of drug-likeness (QED) is 0.537. The van der Waals surface area contributed by atoms with Crippen LogP contribution < -0.4 is 0 Å². The lowest BCUT2D eigenvalue weighted by Crippen LogP contribution is -2.36. The third-order valence-corrected chi connectivity index (χ3v) is 2.32. The van der Waals surface area contributed by atoms with Gasteiger partial charge in [-0.1, -0.05) is 0 Å². The molecule has 0 aromatic heterocycles. The van der Waals surface area contributed by atoms with E-state index in [2.05, 4.69) is 0 Å². The Morgan fingerprint density at radius 3 is 2.62 bits per heavy atom. The summed E-state index contributed by atoms with van der Waals surface area (Å²) in [5.74, 6) is -0.691. The molecule has 0 saturated carbocycles. The predicted octanol–water partition coefficient (Wildman–Crippen LogP) is -1.05. The van der Waals surface area contributed by atoms with E-state index >= 15 is 0 Å². The van der Waals surface area contributed by atoms with Gasteiger partial charge in [0.1, 0.15) is 12.2 Å². The van der Waals surface area contributed by atoms with Gasteiger partial charge in [0.2, 0.25) is 0 Å². The molecule has 2 saturated heterocycles. The average Bonchev–Trinajstić information content (AvgIpc) is 2.47. The zero-order valence-electron chi connectivity index (χ0n) is 7.69. The highest BCUT2D eigenvalue weighted by Gasteiger charge is 2.54. The summed E-state index contributed by atoms with van der Waals surface area (Å²) in [5, 5.41) is 16.8. The number of hydrogen-bond donors (Lipinski definition) is 1. The molecule has 2 aliphatic rings. The molecule has 0 amide bonds. The molecule has 2 rings (SSSR count). The van der Waals surface area contributed by atoms with E-state index in [0.717, 1.165) is 0 Å². The van der Waals surface area contributed by atoms with Crippen molar-refractivity contribution in [2.24, 2.45) is 0 Å². The Labute approximate surface area is 76.2 Å². The number of aliphatic hydroxyl groups excluding tert-OH is 1. The number of fused-ring (bicyclic) bond motifs is 1. The van der Waals surface area contributed by atoms with E-state index in [1.54, 1.807) is 13.8 Å². The van der Waals surface area contributed by atoms with Gasteiger partial charge in [0.15, 0.2) is 24.8 Å². The van der Waals surface area contributed by atoms with E-state index in [-0.39, 0.29) is 6.61 Å². The van der Waals surface area contributed by atoms with Gasteiger partial charge in [0, 0.05) is 0 Å². The van der Waals surface area contributed by atoms with Gasteiger partial charge in [0.05, 0.1) is 0 Å². The van der Waals surface area contributed by atoms with Gasteiger partial charge in [-0.2, -0.15) is 0 Å². The minimum Gasteiger partial charge on any atom is -0.443 e. The maximum Gasteiger partial charge on any atom is 0.190 e. The maximum absolute atomic E-state index is 9.64. The largest absolute Gasteiger partial charge is 0.443 e. The Kier molecular flexibility index (Phi) is 2.08. The summed E-state index contributed by atoms with van der Waals surface area (Å²) in [7, 11) is 0. The Hall–Kier alpha value is -0.200. The van der Waals surface area contributed by atoms with Crippen molar-refractivity contribution in [3.8, 4) is 0 Å². The van der Waals surface area contributed by atoms with Gasteiger partial charge in [-0.3, -0.25) is 0 Å². The second-order valence-corrected chi connectivity index (χ2v) is 3.84. The summed E-state index contributed by atoms with van der Waals surface area (Å²) in [4.78, 5) is 0. The van der Waals surface area contributed by atoms with Crippen molar-refractivity contribution in [1.82, 2.24) is 0 Å². The van der Waals surface area contributed by atoms with Gasteiger partial charge < -0.3 is 24.4 Å². The smallest absolute Gasteiger partial charge is 0.190 e. The van der Waals surface area contributed by atoms with Gasteiger partial charge in [-0.15, -0.1) is 0 Å². The summed E-state index contributed by atoms with van der Waals surface area (Å²) in [6.45, 7) is 3.58. The highest BCUT2D eigenvalue weighted by molar-refractivity contribution is 4.92. The van der Waals surface area contributed by atoms with Crippen LogP contribution in [0.1, 0.15) is 13.8 Å². The minimum absolute atomic E-state index is 0.0291. The standard InChI is InChI=1S/C8H14O5/c1-8(2)12-6-5(10)4(3-9)11-7(6)13-8/h4-7,9-10H,3H2,1-2H3/p+1/t4-,5+,6-,7-/m0/s1. The SMILES string of the molecule is CC1(C)O[C@@H]2O[C@@H](C[OH2+])[C@@H](O)[C@@H]2O1. The van der Waals surface area contributed by atoms with Crippen LogP contribution in [0.2, 0.25) is 0 Å². The second-order valence-electron chi connectivity index (χ2n) is 3.84. The summed E-state index contributed by atoms with van der Waals surface area (Å²) in [6, 6.07) is 0. The van der Waals surface area contributed by atoms with Crippen LogP contribution in [0.5, 0.6) is 0 Å². The molecule has 4 atom stereocenters. The van der Waals surface area contributed by atoms with E-state index in [0.29, 0.717) is 0 Å². The molecule has 0 aliphatic carbocycles. The molecule has 13 heavy (non-hydrogen) atoms. The van der Waals surface area contributed by atoms with E-state index in [1.807, 2.05) is 0 Å². The van der Waals surface area contributed by atoms with Gasteiger partial charge in [-0.25, -0.2) is 0 Å². The number of hydrogen-bond acceptors (Lipinski definition) is 4. The van der Waals surface area contributed by atoms with Crippen molar-refractivity contribution < 1.29 is 24.4 Å². The molecule has 3 N–H and O–H groups in total.